The van der Waals surface area contributed by atoms with E-state index in [4.69, 9.17) is 5.73 Å². The minimum Gasteiger partial charge on any atom is -0.384 e. The Morgan fingerprint density at radius 2 is 2.22 bits per heavy atom. The Hall–Kier alpha value is -1.98. The van der Waals surface area contributed by atoms with Gasteiger partial charge in [0.1, 0.15) is 17.3 Å². The molecular weight excluding hydrogens is 228 g/mol. The van der Waals surface area contributed by atoms with Crippen LogP contribution in [0.2, 0.25) is 0 Å². The van der Waals surface area contributed by atoms with Gasteiger partial charge in [-0.05, 0) is 19.3 Å². The topological polar surface area (TPSA) is 82.5 Å². The van der Waals surface area contributed by atoms with Crippen LogP contribution in [0.25, 0.3) is 11.4 Å². The second-order valence-corrected chi connectivity index (χ2v) is 4.65. The van der Waals surface area contributed by atoms with Gasteiger partial charge >= 0.3 is 0 Å². The van der Waals surface area contributed by atoms with E-state index in [0.717, 1.165) is 43.0 Å². The van der Waals surface area contributed by atoms with Crippen LogP contribution in [0.5, 0.6) is 0 Å². The fourth-order valence-electron chi connectivity index (χ4n) is 1.97. The first-order valence-corrected chi connectivity index (χ1v) is 6.31. The number of aryl methyl sites for hydroxylation is 1. The van der Waals surface area contributed by atoms with Gasteiger partial charge in [0.15, 0.2) is 0 Å². The summed E-state index contributed by atoms with van der Waals surface area (Å²) in [5.74, 6) is 1.86. The van der Waals surface area contributed by atoms with Crippen molar-refractivity contribution >= 4 is 5.82 Å². The van der Waals surface area contributed by atoms with Crippen molar-refractivity contribution in [1.82, 2.24) is 25.0 Å². The van der Waals surface area contributed by atoms with Crippen molar-refractivity contribution < 1.29 is 0 Å². The standard InChI is InChI=1S/C12H16N6/c1-2-5-18-10(7-14-17-18)9-6-11(13)16-12(15-9)8-3-4-8/h6-8H,2-5H2,1H3,(H2,13,15,16). The van der Waals surface area contributed by atoms with Crippen LogP contribution >= 0.6 is 0 Å². The number of aromatic nitrogens is 5. The van der Waals surface area contributed by atoms with Crippen molar-refractivity contribution in [3.8, 4) is 11.4 Å². The maximum Gasteiger partial charge on any atom is 0.134 e. The highest BCUT2D eigenvalue weighted by molar-refractivity contribution is 5.57. The van der Waals surface area contributed by atoms with Gasteiger partial charge in [0.2, 0.25) is 0 Å². The molecule has 94 valence electrons. The third-order valence-electron chi connectivity index (χ3n) is 3.02. The third kappa shape index (κ3) is 2.05. The summed E-state index contributed by atoms with van der Waals surface area (Å²) < 4.78 is 1.86. The predicted octanol–water partition coefficient (Wildman–Crippen LogP) is 1.60. The second-order valence-electron chi connectivity index (χ2n) is 4.65. The zero-order chi connectivity index (χ0) is 12.5. The van der Waals surface area contributed by atoms with Crippen LogP contribution in [0.15, 0.2) is 12.3 Å². The molecule has 3 rings (SSSR count). The van der Waals surface area contributed by atoms with Gasteiger partial charge in [-0.1, -0.05) is 12.1 Å². The molecule has 18 heavy (non-hydrogen) atoms. The Bertz CT molecular complexity index is 557. The molecule has 1 saturated carbocycles. The molecule has 2 aromatic rings. The molecule has 0 radical (unpaired) electrons. The molecule has 1 fully saturated rings. The van der Waals surface area contributed by atoms with Crippen LogP contribution in [-0.4, -0.2) is 25.0 Å². The van der Waals surface area contributed by atoms with Crippen molar-refractivity contribution in [2.24, 2.45) is 0 Å². The summed E-state index contributed by atoms with van der Waals surface area (Å²) in [5.41, 5.74) is 7.59. The minimum absolute atomic E-state index is 0.489. The molecule has 0 aliphatic heterocycles. The number of nitrogens with two attached hydrogens (primary N) is 1. The largest absolute Gasteiger partial charge is 0.384 e. The fourth-order valence-corrected chi connectivity index (χ4v) is 1.97. The molecule has 0 amide bonds. The smallest absolute Gasteiger partial charge is 0.134 e. The van der Waals surface area contributed by atoms with E-state index < -0.39 is 0 Å². The van der Waals surface area contributed by atoms with Crippen molar-refractivity contribution in [2.75, 3.05) is 5.73 Å². The van der Waals surface area contributed by atoms with Crippen molar-refractivity contribution in [1.29, 1.82) is 0 Å². The molecule has 0 aromatic carbocycles. The molecule has 6 heteroatoms. The highest BCUT2D eigenvalue weighted by Gasteiger charge is 2.27. The van der Waals surface area contributed by atoms with Crippen LogP contribution in [0.1, 0.15) is 37.9 Å². The molecular formula is C12H16N6. The lowest BCUT2D eigenvalue weighted by Crippen LogP contribution is -2.05. The van der Waals surface area contributed by atoms with Crippen LogP contribution in [0.3, 0.4) is 0 Å². The molecule has 0 bridgehead atoms. The van der Waals surface area contributed by atoms with Gasteiger partial charge in [0.05, 0.1) is 11.9 Å². The van der Waals surface area contributed by atoms with Crippen LogP contribution in [0.4, 0.5) is 5.82 Å². The van der Waals surface area contributed by atoms with Gasteiger partial charge in [-0.2, -0.15) is 0 Å². The number of hydrogen-bond acceptors (Lipinski definition) is 5. The van der Waals surface area contributed by atoms with Crippen LogP contribution in [0, 0.1) is 0 Å². The summed E-state index contributed by atoms with van der Waals surface area (Å²) in [6.45, 7) is 2.94. The zero-order valence-corrected chi connectivity index (χ0v) is 10.4. The monoisotopic (exact) mass is 244 g/mol. The quantitative estimate of drug-likeness (QED) is 0.883. The van der Waals surface area contributed by atoms with E-state index >= 15 is 0 Å². The zero-order valence-electron chi connectivity index (χ0n) is 10.4. The van der Waals surface area contributed by atoms with Crippen molar-refractivity contribution in [3.05, 3.63) is 18.1 Å². The lowest BCUT2D eigenvalue weighted by molar-refractivity contribution is 0.583. The van der Waals surface area contributed by atoms with Crippen LogP contribution in [-0.2, 0) is 6.54 Å². The van der Waals surface area contributed by atoms with E-state index in [1.165, 1.54) is 0 Å². The molecule has 0 spiro atoms. The molecule has 1 aliphatic carbocycles. The average molecular weight is 244 g/mol. The highest BCUT2D eigenvalue weighted by atomic mass is 15.4. The molecule has 0 unspecified atom stereocenters. The van der Waals surface area contributed by atoms with Gasteiger partial charge in [0, 0.05) is 18.5 Å². The van der Waals surface area contributed by atoms with E-state index in [1.54, 1.807) is 12.3 Å². The Balaban J connectivity index is 2.01. The van der Waals surface area contributed by atoms with E-state index in [-0.39, 0.29) is 0 Å². The van der Waals surface area contributed by atoms with Crippen molar-refractivity contribution in [2.45, 2.75) is 38.6 Å². The number of hydrogen-bond donors (Lipinski definition) is 1. The normalized spacial score (nSPS) is 14.9. The van der Waals surface area contributed by atoms with Crippen molar-refractivity contribution in [3.63, 3.8) is 0 Å². The number of nitrogens with zero attached hydrogens (tertiary/aromatic N) is 5. The van der Waals surface area contributed by atoms with Crippen LogP contribution < -0.4 is 5.73 Å². The minimum atomic E-state index is 0.489. The molecule has 0 saturated heterocycles. The molecule has 0 atom stereocenters. The highest BCUT2D eigenvalue weighted by Crippen LogP contribution is 2.38. The molecule has 2 aromatic heterocycles. The fraction of sp³-hybridized carbons (Fsp3) is 0.500. The van der Waals surface area contributed by atoms with Gasteiger partial charge in [-0.25, -0.2) is 14.6 Å². The number of nitrogen functional groups attached to an aromatic ring is 1. The molecule has 2 heterocycles. The lowest BCUT2D eigenvalue weighted by Gasteiger charge is -2.06. The maximum atomic E-state index is 5.85. The predicted molar refractivity (Wildman–Crippen MR) is 67.7 cm³/mol. The van der Waals surface area contributed by atoms with E-state index in [0.29, 0.717) is 11.7 Å². The maximum absolute atomic E-state index is 5.85. The summed E-state index contributed by atoms with van der Waals surface area (Å²) in [5, 5.41) is 8.02. The van der Waals surface area contributed by atoms with E-state index in [2.05, 4.69) is 27.2 Å². The summed E-state index contributed by atoms with van der Waals surface area (Å²) >= 11 is 0. The van der Waals surface area contributed by atoms with E-state index in [1.807, 2.05) is 4.68 Å². The summed E-state index contributed by atoms with van der Waals surface area (Å²) in [6.07, 6.45) is 5.06. The molecule has 1 aliphatic rings. The lowest BCUT2D eigenvalue weighted by atomic mass is 10.2. The molecule has 2 N–H and O–H groups in total. The Labute approximate surface area is 105 Å². The Kier molecular flexibility index (Phi) is 2.70. The average Bonchev–Trinajstić information content (AvgIpc) is 3.10. The SMILES string of the molecule is CCCn1nncc1-c1cc(N)nc(C2CC2)n1. The second kappa shape index (κ2) is 4.36. The first-order chi connectivity index (χ1) is 8.78. The summed E-state index contributed by atoms with van der Waals surface area (Å²) in [4.78, 5) is 8.89. The van der Waals surface area contributed by atoms with Gasteiger partial charge in [0.25, 0.3) is 0 Å². The van der Waals surface area contributed by atoms with Gasteiger partial charge in [-0.15, -0.1) is 5.10 Å². The van der Waals surface area contributed by atoms with E-state index in [9.17, 15) is 0 Å². The molecule has 6 nitrogen and oxygen atoms in total. The Morgan fingerprint density at radius 3 is 2.94 bits per heavy atom. The van der Waals surface area contributed by atoms with Gasteiger partial charge < -0.3 is 5.73 Å². The summed E-state index contributed by atoms with van der Waals surface area (Å²) in [6, 6.07) is 1.79. The Morgan fingerprint density at radius 1 is 1.39 bits per heavy atom. The van der Waals surface area contributed by atoms with Gasteiger partial charge in [-0.3, -0.25) is 0 Å². The third-order valence-corrected chi connectivity index (χ3v) is 3.02. The first kappa shape index (κ1) is 11.1. The number of rotatable bonds is 4. The first-order valence-electron chi connectivity index (χ1n) is 6.31. The number of anilines is 1. The summed E-state index contributed by atoms with van der Waals surface area (Å²) in [7, 11) is 0.